The SMILES string of the molecule is CCOc1cc(-c2nc(SC)[nH]c(=O)c2C#N)c(Cl)cc1OCC(=O)Nc1ccccc1. The van der Waals surface area contributed by atoms with E-state index in [0.717, 1.165) is 0 Å². The Morgan fingerprint density at radius 1 is 1.25 bits per heavy atom. The lowest BCUT2D eigenvalue weighted by atomic mass is 10.1. The zero-order valence-corrected chi connectivity index (χ0v) is 18.8. The van der Waals surface area contributed by atoms with Crippen LogP contribution < -0.4 is 20.3 Å². The van der Waals surface area contributed by atoms with Crippen LogP contribution in [-0.4, -0.2) is 35.3 Å². The number of hydrogen-bond donors (Lipinski definition) is 2. The quantitative estimate of drug-likeness (QED) is 0.376. The van der Waals surface area contributed by atoms with Gasteiger partial charge in [0, 0.05) is 17.3 Å². The number of benzene rings is 2. The van der Waals surface area contributed by atoms with Crippen molar-refractivity contribution in [1.82, 2.24) is 9.97 Å². The van der Waals surface area contributed by atoms with Crippen LogP contribution in [0.1, 0.15) is 12.5 Å². The molecule has 1 aromatic heterocycles. The molecule has 10 heteroatoms. The van der Waals surface area contributed by atoms with Crippen LogP contribution in [-0.2, 0) is 4.79 Å². The van der Waals surface area contributed by atoms with Crippen molar-refractivity contribution in [3.63, 3.8) is 0 Å². The van der Waals surface area contributed by atoms with E-state index in [2.05, 4.69) is 15.3 Å². The van der Waals surface area contributed by atoms with E-state index < -0.39 is 5.56 Å². The largest absolute Gasteiger partial charge is 0.490 e. The minimum absolute atomic E-state index is 0.139. The number of nitriles is 1. The standard InChI is InChI=1S/C22H19ClN4O4S/c1-3-30-17-9-14(20-15(11-24)21(29)27-22(26-20)32-2)16(23)10-18(17)31-12-19(28)25-13-7-5-4-6-8-13/h4-10H,3,12H2,1-2H3,(H,25,28)(H,26,27,29). The molecule has 3 aromatic rings. The van der Waals surface area contributed by atoms with Gasteiger partial charge in [-0.1, -0.05) is 41.6 Å². The molecular weight excluding hydrogens is 452 g/mol. The topological polar surface area (TPSA) is 117 Å². The Kier molecular flexibility index (Phi) is 7.76. The number of ether oxygens (including phenoxy) is 2. The number of H-pyrrole nitrogens is 1. The number of aromatic nitrogens is 2. The highest BCUT2D eigenvalue weighted by molar-refractivity contribution is 7.98. The average Bonchev–Trinajstić information content (AvgIpc) is 2.79. The number of nitrogens with zero attached hydrogens (tertiary/aromatic N) is 2. The molecule has 164 valence electrons. The molecule has 2 N–H and O–H groups in total. The molecular formula is C22H19ClN4O4S. The van der Waals surface area contributed by atoms with E-state index >= 15 is 0 Å². The molecule has 0 fully saturated rings. The van der Waals surface area contributed by atoms with Crippen LogP contribution in [0.3, 0.4) is 0 Å². The molecule has 0 spiro atoms. The fraction of sp³-hybridized carbons (Fsp3) is 0.182. The lowest BCUT2D eigenvalue weighted by Crippen LogP contribution is -2.20. The van der Waals surface area contributed by atoms with Gasteiger partial charge in [-0.25, -0.2) is 4.98 Å². The smallest absolute Gasteiger partial charge is 0.270 e. The molecule has 3 rings (SSSR count). The Morgan fingerprint density at radius 3 is 2.62 bits per heavy atom. The predicted molar refractivity (Wildman–Crippen MR) is 124 cm³/mol. The number of thioether (sulfide) groups is 1. The Morgan fingerprint density at radius 2 is 1.97 bits per heavy atom. The number of carbonyl (C=O) groups excluding carboxylic acids is 1. The Labute approximate surface area is 193 Å². The van der Waals surface area contributed by atoms with E-state index in [9.17, 15) is 14.9 Å². The maximum absolute atomic E-state index is 12.3. The van der Waals surface area contributed by atoms with Crippen LogP contribution in [0.5, 0.6) is 11.5 Å². The molecule has 0 atom stereocenters. The van der Waals surface area contributed by atoms with Gasteiger partial charge in [0.2, 0.25) is 0 Å². The fourth-order valence-electron chi connectivity index (χ4n) is 2.81. The van der Waals surface area contributed by atoms with Crippen molar-refractivity contribution in [2.75, 3.05) is 24.8 Å². The van der Waals surface area contributed by atoms with E-state index in [0.29, 0.717) is 28.8 Å². The zero-order valence-electron chi connectivity index (χ0n) is 17.3. The number of nitrogens with one attached hydrogen (secondary N) is 2. The summed E-state index contributed by atoms with van der Waals surface area (Å²) in [6, 6.07) is 13.9. The average molecular weight is 471 g/mol. The summed E-state index contributed by atoms with van der Waals surface area (Å²) in [5.41, 5.74) is 0.402. The van der Waals surface area contributed by atoms with E-state index in [1.807, 2.05) is 24.3 Å². The molecule has 0 saturated heterocycles. The molecule has 0 saturated carbocycles. The second kappa shape index (κ2) is 10.7. The molecule has 1 heterocycles. The summed E-state index contributed by atoms with van der Waals surface area (Å²) in [4.78, 5) is 31.4. The fourth-order valence-corrected chi connectivity index (χ4v) is 3.43. The van der Waals surface area contributed by atoms with Gasteiger partial charge in [-0.05, 0) is 31.4 Å². The van der Waals surface area contributed by atoms with Crippen molar-refractivity contribution in [3.05, 3.63) is 63.4 Å². The maximum Gasteiger partial charge on any atom is 0.270 e. The first kappa shape index (κ1) is 23.2. The second-order valence-electron chi connectivity index (χ2n) is 6.33. The summed E-state index contributed by atoms with van der Waals surface area (Å²) in [6.45, 7) is 1.84. The van der Waals surface area contributed by atoms with E-state index in [1.165, 1.54) is 17.8 Å². The molecule has 8 nitrogen and oxygen atoms in total. The minimum atomic E-state index is -0.561. The van der Waals surface area contributed by atoms with Gasteiger partial charge in [-0.15, -0.1) is 0 Å². The summed E-state index contributed by atoms with van der Waals surface area (Å²) in [7, 11) is 0. The number of para-hydroxylation sites is 1. The predicted octanol–water partition coefficient (Wildman–Crippen LogP) is 4.10. The third kappa shape index (κ3) is 5.41. The Bertz CT molecular complexity index is 1230. The summed E-state index contributed by atoms with van der Waals surface area (Å²) in [5, 5.41) is 12.7. The van der Waals surface area contributed by atoms with Gasteiger partial charge in [0.25, 0.3) is 11.5 Å². The number of amides is 1. The first-order chi connectivity index (χ1) is 15.5. The molecule has 0 aliphatic carbocycles. The number of halogens is 1. The molecule has 0 aliphatic heterocycles. The Hall–Kier alpha value is -3.48. The minimum Gasteiger partial charge on any atom is -0.490 e. The molecule has 1 amide bonds. The first-order valence-electron chi connectivity index (χ1n) is 9.49. The van der Waals surface area contributed by atoms with Crippen LogP contribution in [0.2, 0.25) is 5.02 Å². The van der Waals surface area contributed by atoms with Gasteiger partial charge in [-0.2, -0.15) is 5.26 Å². The highest BCUT2D eigenvalue weighted by atomic mass is 35.5. The summed E-state index contributed by atoms with van der Waals surface area (Å²) in [5.74, 6) is 0.194. The van der Waals surface area contributed by atoms with Crippen molar-refractivity contribution in [2.45, 2.75) is 12.1 Å². The van der Waals surface area contributed by atoms with E-state index in [4.69, 9.17) is 21.1 Å². The van der Waals surface area contributed by atoms with Crippen LogP contribution in [0.25, 0.3) is 11.3 Å². The highest BCUT2D eigenvalue weighted by Crippen LogP contribution is 2.39. The third-order valence-electron chi connectivity index (χ3n) is 4.21. The molecule has 0 unspecified atom stereocenters. The second-order valence-corrected chi connectivity index (χ2v) is 7.53. The monoisotopic (exact) mass is 470 g/mol. The third-order valence-corrected chi connectivity index (χ3v) is 5.10. The normalized spacial score (nSPS) is 10.3. The number of rotatable bonds is 8. The lowest BCUT2D eigenvalue weighted by molar-refractivity contribution is -0.118. The van der Waals surface area contributed by atoms with Crippen LogP contribution in [0, 0.1) is 11.3 Å². The van der Waals surface area contributed by atoms with E-state index in [1.54, 1.807) is 31.4 Å². The van der Waals surface area contributed by atoms with Gasteiger partial charge in [0.15, 0.2) is 23.3 Å². The molecule has 0 bridgehead atoms. The van der Waals surface area contributed by atoms with Gasteiger partial charge < -0.3 is 19.8 Å². The van der Waals surface area contributed by atoms with Gasteiger partial charge in [-0.3, -0.25) is 9.59 Å². The number of hydrogen-bond acceptors (Lipinski definition) is 7. The number of aromatic amines is 1. The summed E-state index contributed by atoms with van der Waals surface area (Å²) in [6.07, 6.45) is 1.75. The van der Waals surface area contributed by atoms with Crippen LogP contribution >= 0.6 is 23.4 Å². The van der Waals surface area contributed by atoms with Crippen LogP contribution in [0.4, 0.5) is 5.69 Å². The summed E-state index contributed by atoms with van der Waals surface area (Å²) >= 11 is 7.68. The first-order valence-corrected chi connectivity index (χ1v) is 11.1. The maximum atomic E-state index is 12.3. The highest BCUT2D eigenvalue weighted by Gasteiger charge is 2.20. The number of carbonyl (C=O) groups is 1. The van der Waals surface area contributed by atoms with Crippen molar-refractivity contribution >= 4 is 35.0 Å². The van der Waals surface area contributed by atoms with Gasteiger partial charge in [0.1, 0.15) is 11.6 Å². The number of anilines is 1. The summed E-state index contributed by atoms with van der Waals surface area (Å²) < 4.78 is 11.3. The van der Waals surface area contributed by atoms with E-state index in [-0.39, 0.29) is 34.5 Å². The zero-order chi connectivity index (χ0) is 23.1. The molecule has 2 aromatic carbocycles. The Balaban J connectivity index is 1.92. The van der Waals surface area contributed by atoms with Crippen LogP contribution in [0.15, 0.2) is 52.4 Å². The molecule has 0 radical (unpaired) electrons. The van der Waals surface area contributed by atoms with Crippen molar-refractivity contribution < 1.29 is 14.3 Å². The van der Waals surface area contributed by atoms with Gasteiger partial charge >= 0.3 is 0 Å². The van der Waals surface area contributed by atoms with Gasteiger partial charge in [0.05, 0.1) is 17.3 Å². The lowest BCUT2D eigenvalue weighted by Gasteiger charge is -2.15. The van der Waals surface area contributed by atoms with Crippen molar-refractivity contribution in [1.29, 1.82) is 5.26 Å². The molecule has 32 heavy (non-hydrogen) atoms. The molecule has 0 aliphatic rings. The van der Waals surface area contributed by atoms with Crippen molar-refractivity contribution in [2.24, 2.45) is 0 Å². The van der Waals surface area contributed by atoms with Crippen molar-refractivity contribution in [3.8, 4) is 28.8 Å².